The molecule has 0 atom stereocenters. The van der Waals surface area contributed by atoms with Crippen LogP contribution in [-0.4, -0.2) is 23.9 Å². The summed E-state index contributed by atoms with van der Waals surface area (Å²) >= 11 is 6.11. The summed E-state index contributed by atoms with van der Waals surface area (Å²) in [5.41, 5.74) is 1.37. The van der Waals surface area contributed by atoms with Gasteiger partial charge in [-0.1, -0.05) is 30.7 Å². The van der Waals surface area contributed by atoms with Gasteiger partial charge in [0.05, 0.1) is 26.9 Å². The summed E-state index contributed by atoms with van der Waals surface area (Å²) in [4.78, 5) is 25.6. The van der Waals surface area contributed by atoms with Crippen molar-refractivity contribution in [3.05, 3.63) is 63.2 Å². The Kier molecular flexibility index (Phi) is 5.42. The quantitative estimate of drug-likeness (QED) is 0.620. The lowest BCUT2D eigenvalue weighted by molar-refractivity contribution is -0.384. The van der Waals surface area contributed by atoms with Gasteiger partial charge in [0.25, 0.3) is 11.6 Å². The third kappa shape index (κ3) is 3.96. The van der Waals surface area contributed by atoms with E-state index in [0.29, 0.717) is 22.3 Å². The lowest BCUT2D eigenvalue weighted by Gasteiger charge is -2.33. The first-order chi connectivity index (χ1) is 12.5. The Morgan fingerprint density at radius 1 is 1.23 bits per heavy atom. The van der Waals surface area contributed by atoms with Gasteiger partial charge >= 0.3 is 0 Å². The number of nitro groups is 1. The van der Waals surface area contributed by atoms with E-state index in [1.807, 2.05) is 0 Å². The fraction of sp³-hybridized carbons (Fsp3) is 0.316. The monoisotopic (exact) mass is 373 g/mol. The molecule has 0 aromatic heterocycles. The third-order valence-electron chi connectivity index (χ3n) is 4.68. The average Bonchev–Trinajstić information content (AvgIpc) is 2.63. The second-order valence-electron chi connectivity index (χ2n) is 6.56. The number of non-ortho nitro benzene ring substituents is 1. The van der Waals surface area contributed by atoms with Crippen molar-refractivity contribution in [2.24, 2.45) is 5.92 Å². The maximum absolute atomic E-state index is 12.8. The first-order valence-electron chi connectivity index (χ1n) is 8.55. The lowest BCUT2D eigenvalue weighted by Crippen LogP contribution is -2.34. The SMILES string of the molecule is CC1CCN(c2ccc([N+](=O)[O-])cc2C(=O)Nc2ccccc2Cl)CC1. The summed E-state index contributed by atoms with van der Waals surface area (Å²) in [6.07, 6.45) is 2.06. The van der Waals surface area contributed by atoms with E-state index in [-0.39, 0.29) is 11.3 Å². The molecular weight excluding hydrogens is 354 g/mol. The molecule has 1 aliphatic heterocycles. The predicted molar refractivity (Wildman–Crippen MR) is 103 cm³/mol. The molecule has 136 valence electrons. The molecule has 7 heteroatoms. The molecule has 1 aliphatic rings. The number of hydrogen-bond acceptors (Lipinski definition) is 4. The Hall–Kier alpha value is -2.60. The molecule has 26 heavy (non-hydrogen) atoms. The van der Waals surface area contributed by atoms with Crippen molar-refractivity contribution in [3.8, 4) is 0 Å². The molecule has 1 heterocycles. The molecule has 1 saturated heterocycles. The molecule has 0 bridgehead atoms. The normalized spacial score (nSPS) is 14.9. The summed E-state index contributed by atoms with van der Waals surface area (Å²) in [7, 11) is 0. The highest BCUT2D eigenvalue weighted by Gasteiger charge is 2.23. The van der Waals surface area contributed by atoms with Gasteiger partial charge in [-0.3, -0.25) is 14.9 Å². The van der Waals surface area contributed by atoms with Crippen LogP contribution in [0.3, 0.4) is 0 Å². The zero-order chi connectivity index (χ0) is 18.7. The van der Waals surface area contributed by atoms with Crippen molar-refractivity contribution in [1.82, 2.24) is 0 Å². The van der Waals surface area contributed by atoms with Gasteiger partial charge in [-0.05, 0) is 37.0 Å². The first kappa shape index (κ1) is 18.2. The van der Waals surface area contributed by atoms with Crippen LogP contribution >= 0.6 is 11.6 Å². The van der Waals surface area contributed by atoms with Crippen LogP contribution in [0.1, 0.15) is 30.1 Å². The molecule has 2 aromatic rings. The number of anilines is 2. The van der Waals surface area contributed by atoms with Crippen molar-refractivity contribution in [3.63, 3.8) is 0 Å². The second kappa shape index (κ2) is 7.74. The van der Waals surface area contributed by atoms with Gasteiger partial charge in [0, 0.05) is 25.2 Å². The van der Waals surface area contributed by atoms with E-state index in [1.54, 1.807) is 30.3 Å². The summed E-state index contributed by atoms with van der Waals surface area (Å²) in [6.45, 7) is 3.86. The summed E-state index contributed by atoms with van der Waals surface area (Å²) in [5.74, 6) is 0.236. The standard InChI is InChI=1S/C19H20ClN3O3/c1-13-8-10-22(11-9-13)18-7-6-14(23(25)26)12-15(18)19(24)21-17-5-3-2-4-16(17)20/h2-7,12-13H,8-11H2,1H3,(H,21,24). The Morgan fingerprint density at radius 3 is 2.58 bits per heavy atom. The maximum atomic E-state index is 12.8. The van der Waals surface area contributed by atoms with E-state index in [1.165, 1.54) is 12.1 Å². The van der Waals surface area contributed by atoms with Crippen LogP contribution < -0.4 is 10.2 Å². The van der Waals surface area contributed by atoms with Gasteiger partial charge in [-0.25, -0.2) is 0 Å². The van der Waals surface area contributed by atoms with Gasteiger partial charge in [-0.2, -0.15) is 0 Å². The van der Waals surface area contributed by atoms with Crippen LogP contribution in [0.5, 0.6) is 0 Å². The van der Waals surface area contributed by atoms with Crippen molar-refractivity contribution >= 4 is 34.6 Å². The number of para-hydroxylation sites is 1. The number of nitrogens with zero attached hydrogens (tertiary/aromatic N) is 2. The van der Waals surface area contributed by atoms with E-state index in [9.17, 15) is 14.9 Å². The number of benzene rings is 2. The number of hydrogen-bond donors (Lipinski definition) is 1. The van der Waals surface area contributed by atoms with Crippen molar-refractivity contribution in [1.29, 1.82) is 0 Å². The number of halogens is 1. The number of carbonyl (C=O) groups excluding carboxylic acids is 1. The van der Waals surface area contributed by atoms with Gasteiger partial charge in [-0.15, -0.1) is 0 Å². The molecule has 1 fully saturated rings. The Morgan fingerprint density at radius 2 is 1.92 bits per heavy atom. The largest absolute Gasteiger partial charge is 0.371 e. The summed E-state index contributed by atoms with van der Waals surface area (Å²) in [6, 6.07) is 11.3. The van der Waals surface area contributed by atoms with Crippen LogP contribution in [0.15, 0.2) is 42.5 Å². The molecule has 2 aromatic carbocycles. The van der Waals surface area contributed by atoms with Crippen LogP contribution in [0, 0.1) is 16.0 Å². The Labute approximate surface area is 156 Å². The molecule has 1 amide bonds. The second-order valence-corrected chi connectivity index (χ2v) is 6.97. The zero-order valence-corrected chi connectivity index (χ0v) is 15.2. The minimum Gasteiger partial charge on any atom is -0.371 e. The van der Waals surface area contributed by atoms with Crippen molar-refractivity contribution in [2.75, 3.05) is 23.3 Å². The maximum Gasteiger partial charge on any atom is 0.270 e. The number of rotatable bonds is 4. The van der Waals surface area contributed by atoms with Gasteiger partial charge < -0.3 is 10.2 Å². The molecule has 1 N–H and O–H groups in total. The number of nitro benzene ring substituents is 1. The number of carbonyl (C=O) groups is 1. The van der Waals surface area contributed by atoms with Gasteiger partial charge in [0.15, 0.2) is 0 Å². The minimum absolute atomic E-state index is 0.108. The molecule has 0 unspecified atom stereocenters. The molecule has 3 rings (SSSR count). The minimum atomic E-state index is -0.492. The first-order valence-corrected chi connectivity index (χ1v) is 8.93. The van der Waals surface area contributed by atoms with E-state index in [0.717, 1.165) is 25.9 Å². The third-order valence-corrected chi connectivity index (χ3v) is 5.01. The van der Waals surface area contributed by atoms with Crippen LogP contribution in [0.4, 0.5) is 17.1 Å². The zero-order valence-electron chi connectivity index (χ0n) is 14.4. The lowest BCUT2D eigenvalue weighted by atomic mass is 9.98. The molecule has 0 radical (unpaired) electrons. The summed E-state index contributed by atoms with van der Waals surface area (Å²) < 4.78 is 0. The van der Waals surface area contributed by atoms with Crippen molar-refractivity contribution in [2.45, 2.75) is 19.8 Å². The van der Waals surface area contributed by atoms with E-state index >= 15 is 0 Å². The van der Waals surface area contributed by atoms with Crippen LogP contribution in [-0.2, 0) is 0 Å². The molecule has 0 spiro atoms. The fourth-order valence-electron chi connectivity index (χ4n) is 3.10. The highest BCUT2D eigenvalue weighted by atomic mass is 35.5. The highest BCUT2D eigenvalue weighted by Crippen LogP contribution is 2.30. The van der Waals surface area contributed by atoms with Crippen molar-refractivity contribution < 1.29 is 9.72 Å². The van der Waals surface area contributed by atoms with Crippen LogP contribution in [0.25, 0.3) is 0 Å². The summed E-state index contributed by atoms with van der Waals surface area (Å²) in [5, 5.41) is 14.3. The average molecular weight is 374 g/mol. The van der Waals surface area contributed by atoms with E-state index in [4.69, 9.17) is 11.6 Å². The Balaban J connectivity index is 1.94. The van der Waals surface area contributed by atoms with Gasteiger partial charge in [0.2, 0.25) is 0 Å². The molecular formula is C19H20ClN3O3. The van der Waals surface area contributed by atoms with Gasteiger partial charge in [0.1, 0.15) is 0 Å². The molecule has 0 aliphatic carbocycles. The van der Waals surface area contributed by atoms with E-state index in [2.05, 4.69) is 17.1 Å². The number of nitrogens with one attached hydrogen (secondary N) is 1. The number of amides is 1. The topological polar surface area (TPSA) is 75.5 Å². The molecule has 6 nitrogen and oxygen atoms in total. The predicted octanol–water partition coefficient (Wildman–Crippen LogP) is 4.74. The molecule has 0 saturated carbocycles. The fourth-order valence-corrected chi connectivity index (χ4v) is 3.28. The smallest absolute Gasteiger partial charge is 0.270 e. The Bertz CT molecular complexity index is 833. The van der Waals surface area contributed by atoms with E-state index < -0.39 is 10.8 Å². The number of piperidine rings is 1. The van der Waals surface area contributed by atoms with Crippen LogP contribution in [0.2, 0.25) is 5.02 Å². The highest BCUT2D eigenvalue weighted by molar-refractivity contribution is 6.34.